The lowest BCUT2D eigenvalue weighted by Crippen LogP contribution is -2.00. The van der Waals surface area contributed by atoms with E-state index in [0.29, 0.717) is 11.3 Å². The number of pyridine rings is 1. The van der Waals surface area contributed by atoms with Gasteiger partial charge in [0.25, 0.3) is 0 Å². The summed E-state index contributed by atoms with van der Waals surface area (Å²) in [6.07, 6.45) is 1.37. The van der Waals surface area contributed by atoms with E-state index in [9.17, 15) is 4.79 Å². The van der Waals surface area contributed by atoms with Crippen LogP contribution in [0, 0.1) is 11.3 Å². The van der Waals surface area contributed by atoms with Crippen LogP contribution in [-0.4, -0.2) is 26.3 Å². The van der Waals surface area contributed by atoms with Crippen LogP contribution < -0.4 is 0 Å². The second-order valence-electron chi connectivity index (χ2n) is 2.98. The zero-order chi connectivity index (χ0) is 11.5. The van der Waals surface area contributed by atoms with Gasteiger partial charge in [-0.1, -0.05) is 6.07 Å². The Morgan fingerprint density at radius 2 is 2.31 bits per heavy atom. The summed E-state index contributed by atoms with van der Waals surface area (Å²) in [6.45, 7) is 0. The standard InChI is InChI=1S/C10H6N4O2/c11-4-6-2-1-3-8(13-6)7-5-12-14-9(7)10(15)16/h1-3,5H,(H,12,14)(H,15,16). The second kappa shape index (κ2) is 3.82. The van der Waals surface area contributed by atoms with E-state index in [0.717, 1.165) is 0 Å². The van der Waals surface area contributed by atoms with Gasteiger partial charge in [0.05, 0.1) is 17.5 Å². The largest absolute Gasteiger partial charge is 0.477 e. The first-order valence-corrected chi connectivity index (χ1v) is 4.36. The highest BCUT2D eigenvalue weighted by Crippen LogP contribution is 2.19. The summed E-state index contributed by atoms with van der Waals surface area (Å²) >= 11 is 0. The zero-order valence-corrected chi connectivity index (χ0v) is 8.01. The van der Waals surface area contributed by atoms with E-state index in [1.165, 1.54) is 6.20 Å². The number of H-pyrrole nitrogens is 1. The summed E-state index contributed by atoms with van der Waals surface area (Å²) in [6, 6.07) is 6.70. The summed E-state index contributed by atoms with van der Waals surface area (Å²) in [5.41, 5.74) is 0.965. The first-order chi connectivity index (χ1) is 7.72. The Kier molecular flexibility index (Phi) is 2.36. The van der Waals surface area contributed by atoms with E-state index in [4.69, 9.17) is 10.4 Å². The number of carboxylic acid groups (broad SMARTS) is 1. The molecular formula is C10H6N4O2. The highest BCUT2D eigenvalue weighted by molar-refractivity contribution is 5.93. The molecule has 0 radical (unpaired) electrons. The lowest BCUT2D eigenvalue weighted by molar-refractivity contribution is 0.0691. The molecule has 2 aromatic rings. The van der Waals surface area contributed by atoms with Crippen molar-refractivity contribution in [3.63, 3.8) is 0 Å². The summed E-state index contributed by atoms with van der Waals surface area (Å²) in [4.78, 5) is 14.8. The molecule has 6 heteroatoms. The molecule has 16 heavy (non-hydrogen) atoms. The zero-order valence-electron chi connectivity index (χ0n) is 8.01. The molecule has 0 bridgehead atoms. The Morgan fingerprint density at radius 3 is 3.00 bits per heavy atom. The summed E-state index contributed by atoms with van der Waals surface area (Å²) < 4.78 is 0. The Labute approximate surface area is 90.2 Å². The highest BCUT2D eigenvalue weighted by atomic mass is 16.4. The molecule has 0 spiro atoms. The van der Waals surface area contributed by atoms with E-state index in [1.807, 2.05) is 6.07 Å². The minimum Gasteiger partial charge on any atom is -0.477 e. The number of nitrogens with zero attached hydrogens (tertiary/aromatic N) is 3. The van der Waals surface area contributed by atoms with Crippen molar-refractivity contribution in [3.8, 4) is 17.3 Å². The SMILES string of the molecule is N#Cc1cccc(-c2cn[nH]c2C(=O)O)n1. The van der Waals surface area contributed by atoms with Crippen molar-refractivity contribution >= 4 is 5.97 Å². The molecule has 0 amide bonds. The minimum absolute atomic E-state index is 0.0393. The van der Waals surface area contributed by atoms with Crippen molar-refractivity contribution in [1.82, 2.24) is 15.2 Å². The number of aromatic carboxylic acids is 1. The summed E-state index contributed by atoms with van der Waals surface area (Å²) in [5.74, 6) is -1.11. The molecule has 0 saturated carbocycles. The maximum absolute atomic E-state index is 10.8. The van der Waals surface area contributed by atoms with Crippen LogP contribution in [0.25, 0.3) is 11.3 Å². The topological polar surface area (TPSA) is 103 Å². The van der Waals surface area contributed by atoms with Crippen molar-refractivity contribution in [3.05, 3.63) is 35.8 Å². The van der Waals surface area contributed by atoms with Gasteiger partial charge in [-0.3, -0.25) is 5.10 Å². The van der Waals surface area contributed by atoms with E-state index in [2.05, 4.69) is 15.2 Å². The molecule has 2 heterocycles. The molecule has 2 N–H and O–H groups in total. The van der Waals surface area contributed by atoms with Gasteiger partial charge in [-0.25, -0.2) is 9.78 Å². The van der Waals surface area contributed by atoms with E-state index in [-0.39, 0.29) is 11.4 Å². The van der Waals surface area contributed by atoms with Crippen LogP contribution >= 0.6 is 0 Å². The molecule has 0 saturated heterocycles. The fourth-order valence-electron chi connectivity index (χ4n) is 1.29. The molecule has 0 fully saturated rings. The monoisotopic (exact) mass is 214 g/mol. The van der Waals surface area contributed by atoms with Crippen LogP contribution in [0.4, 0.5) is 0 Å². The third kappa shape index (κ3) is 1.62. The molecule has 78 valence electrons. The van der Waals surface area contributed by atoms with Gasteiger partial charge in [0.2, 0.25) is 0 Å². The normalized spacial score (nSPS) is 9.69. The van der Waals surface area contributed by atoms with Crippen LogP contribution in [0.2, 0.25) is 0 Å². The number of aromatic nitrogens is 3. The average Bonchev–Trinajstić information content (AvgIpc) is 2.78. The van der Waals surface area contributed by atoms with Crippen LogP contribution in [0.3, 0.4) is 0 Å². The molecule has 0 atom stereocenters. The van der Waals surface area contributed by atoms with Gasteiger partial charge < -0.3 is 5.11 Å². The molecule has 0 unspecified atom stereocenters. The second-order valence-corrected chi connectivity index (χ2v) is 2.98. The first-order valence-electron chi connectivity index (χ1n) is 4.36. The smallest absolute Gasteiger partial charge is 0.354 e. The number of hydrogen-bond donors (Lipinski definition) is 2. The summed E-state index contributed by atoms with van der Waals surface area (Å²) in [7, 11) is 0. The fourth-order valence-corrected chi connectivity index (χ4v) is 1.29. The number of nitriles is 1. The molecule has 0 aliphatic carbocycles. The number of aromatic amines is 1. The number of nitrogens with one attached hydrogen (secondary N) is 1. The first kappa shape index (κ1) is 9.86. The van der Waals surface area contributed by atoms with Gasteiger partial charge in [0.1, 0.15) is 11.8 Å². The maximum atomic E-state index is 10.8. The van der Waals surface area contributed by atoms with Crippen molar-refractivity contribution in [2.75, 3.05) is 0 Å². The third-order valence-electron chi connectivity index (χ3n) is 1.99. The van der Waals surface area contributed by atoms with Gasteiger partial charge in [0.15, 0.2) is 5.69 Å². The number of carbonyl (C=O) groups is 1. The van der Waals surface area contributed by atoms with Gasteiger partial charge in [0, 0.05) is 0 Å². The Balaban J connectivity index is 2.55. The molecular weight excluding hydrogens is 208 g/mol. The lowest BCUT2D eigenvalue weighted by Gasteiger charge is -1.98. The number of hydrogen-bond acceptors (Lipinski definition) is 4. The Hall–Kier alpha value is -2.68. The molecule has 0 aliphatic heterocycles. The molecule has 0 aromatic carbocycles. The molecule has 6 nitrogen and oxygen atoms in total. The van der Waals surface area contributed by atoms with Crippen molar-refractivity contribution in [2.45, 2.75) is 0 Å². The van der Waals surface area contributed by atoms with Gasteiger partial charge >= 0.3 is 5.97 Å². The number of carboxylic acids is 1. The predicted octanol–water partition coefficient (Wildman–Crippen LogP) is 1.04. The molecule has 2 rings (SSSR count). The number of rotatable bonds is 2. The van der Waals surface area contributed by atoms with Crippen molar-refractivity contribution < 1.29 is 9.90 Å². The van der Waals surface area contributed by atoms with Crippen molar-refractivity contribution in [1.29, 1.82) is 5.26 Å². The van der Waals surface area contributed by atoms with Crippen LogP contribution in [0.1, 0.15) is 16.2 Å². The highest BCUT2D eigenvalue weighted by Gasteiger charge is 2.14. The quantitative estimate of drug-likeness (QED) is 0.777. The van der Waals surface area contributed by atoms with Gasteiger partial charge in [-0.2, -0.15) is 10.4 Å². The summed E-state index contributed by atoms with van der Waals surface area (Å²) in [5, 5.41) is 23.6. The van der Waals surface area contributed by atoms with Crippen LogP contribution in [0.5, 0.6) is 0 Å². The molecule has 2 aromatic heterocycles. The Morgan fingerprint density at radius 1 is 1.50 bits per heavy atom. The maximum Gasteiger partial charge on any atom is 0.354 e. The minimum atomic E-state index is -1.11. The Bertz CT molecular complexity index is 583. The van der Waals surface area contributed by atoms with Gasteiger partial charge in [-0.05, 0) is 12.1 Å². The van der Waals surface area contributed by atoms with Crippen LogP contribution in [-0.2, 0) is 0 Å². The van der Waals surface area contributed by atoms with E-state index in [1.54, 1.807) is 18.2 Å². The van der Waals surface area contributed by atoms with E-state index >= 15 is 0 Å². The molecule has 0 aliphatic rings. The fraction of sp³-hybridized carbons (Fsp3) is 0. The lowest BCUT2D eigenvalue weighted by atomic mass is 10.1. The predicted molar refractivity (Wildman–Crippen MR) is 53.5 cm³/mol. The van der Waals surface area contributed by atoms with Gasteiger partial charge in [-0.15, -0.1) is 0 Å². The van der Waals surface area contributed by atoms with Crippen molar-refractivity contribution in [2.24, 2.45) is 0 Å². The third-order valence-corrected chi connectivity index (χ3v) is 1.99. The average molecular weight is 214 g/mol. The van der Waals surface area contributed by atoms with E-state index < -0.39 is 5.97 Å². The van der Waals surface area contributed by atoms with Crippen LogP contribution in [0.15, 0.2) is 24.4 Å².